The molecule has 1 aliphatic rings. The van der Waals surface area contributed by atoms with Gasteiger partial charge in [0.25, 0.3) is 0 Å². The number of hydrogen-bond donors (Lipinski definition) is 0. The van der Waals surface area contributed by atoms with Crippen LogP contribution in [0, 0.1) is 0 Å². The van der Waals surface area contributed by atoms with E-state index in [1.165, 1.54) is 0 Å². The Morgan fingerprint density at radius 2 is 0.829 bits per heavy atom. The molecule has 0 N–H and O–H groups in total. The summed E-state index contributed by atoms with van der Waals surface area (Å²) >= 11 is -0.247. The van der Waals surface area contributed by atoms with Gasteiger partial charge in [0.2, 0.25) is 0 Å². The van der Waals surface area contributed by atoms with E-state index in [-0.39, 0.29) is 14.3 Å². The van der Waals surface area contributed by atoms with Crippen LogP contribution in [0.25, 0.3) is 4.41 Å². The van der Waals surface area contributed by atoms with Gasteiger partial charge in [-0.2, -0.15) is 0 Å². The molecule has 233 valence electrons. The van der Waals surface area contributed by atoms with E-state index in [4.69, 9.17) is 0 Å². The summed E-state index contributed by atoms with van der Waals surface area (Å²) in [6.07, 6.45) is 0. The van der Waals surface area contributed by atoms with Crippen LogP contribution in [0.3, 0.4) is 0 Å². The molecule has 0 spiro atoms. The average Bonchev–Trinajstić information content (AvgIpc) is 3.15. The van der Waals surface area contributed by atoms with Crippen molar-refractivity contribution in [3.05, 3.63) is 41.6 Å². The van der Waals surface area contributed by atoms with Gasteiger partial charge in [0.15, 0.2) is 0 Å². The van der Waals surface area contributed by atoms with Crippen LogP contribution in [0.15, 0.2) is 36.0 Å². The van der Waals surface area contributed by atoms with Crippen molar-refractivity contribution in [3.8, 4) is 0 Å². The number of hydrogen-bond acceptors (Lipinski definition) is 0. The molecule has 0 unspecified atom stereocenters. The average molecular weight is 703 g/mol. The predicted molar refractivity (Wildman–Crippen MR) is 205 cm³/mol. The van der Waals surface area contributed by atoms with E-state index in [1.807, 2.05) is 4.41 Å². The van der Waals surface area contributed by atoms with Crippen LogP contribution in [-0.4, -0.2) is 49.6 Å². The van der Waals surface area contributed by atoms with E-state index in [2.05, 4.69) is 180 Å². The zero-order valence-electron chi connectivity index (χ0n) is 31.5. The van der Waals surface area contributed by atoms with Crippen molar-refractivity contribution < 1.29 is 0 Å². The Kier molecular flexibility index (Phi) is 9.99. The van der Waals surface area contributed by atoms with Gasteiger partial charge in [-0.05, 0) is 0 Å². The molecule has 0 saturated carbocycles. The molecule has 1 heterocycles. The molecule has 0 aliphatic carbocycles. The normalized spacial score (nSPS) is 18.4. The predicted octanol–water partition coefficient (Wildman–Crippen LogP) is 12.1. The van der Waals surface area contributed by atoms with E-state index < -0.39 is 35.3 Å². The Morgan fingerprint density at radius 1 is 0.512 bits per heavy atom. The quantitative estimate of drug-likeness (QED) is 0.274. The number of rotatable bonds is 4. The van der Waals surface area contributed by atoms with Gasteiger partial charge in [-0.15, -0.1) is 0 Å². The summed E-state index contributed by atoms with van der Waals surface area (Å²) in [5, 5.41) is 2.15. The van der Waals surface area contributed by atoms with Gasteiger partial charge in [0.1, 0.15) is 0 Å². The van der Waals surface area contributed by atoms with Crippen LogP contribution in [0.5, 0.6) is 0 Å². The molecule has 0 nitrogen and oxygen atoms in total. The third-order valence-electron chi connectivity index (χ3n) is 13.2. The van der Waals surface area contributed by atoms with Crippen molar-refractivity contribution >= 4 is 54.0 Å². The second kappa shape index (κ2) is 10.8. The number of benzene rings is 1. The summed E-state index contributed by atoms with van der Waals surface area (Å²) in [6.45, 7) is 55.5. The maximum absolute atomic E-state index is 3.30. The SMILES string of the molecule is CC(C)(C)[Si](C)([Si]1=[Ge][C](c2ccccc2)=C[Si]1([Si](C)(C(C)(C)C)C(C)(C)C)[Si](C)(C(C)(C)C)C(C)(C)C)C(C)(C)C. The molecule has 0 bridgehead atoms. The summed E-state index contributed by atoms with van der Waals surface area (Å²) in [5.74, 6) is -0.666. The van der Waals surface area contributed by atoms with Crippen molar-refractivity contribution in [2.24, 2.45) is 0 Å². The maximum atomic E-state index is 3.30. The second-order valence-corrected chi connectivity index (χ2v) is 76.0. The van der Waals surface area contributed by atoms with Gasteiger partial charge in [-0.25, -0.2) is 0 Å². The Labute approximate surface area is 268 Å². The van der Waals surface area contributed by atoms with Crippen LogP contribution < -0.4 is 0 Å². The molecule has 1 aromatic carbocycles. The van der Waals surface area contributed by atoms with Gasteiger partial charge < -0.3 is 0 Å². The summed E-state index contributed by atoms with van der Waals surface area (Å²) in [6, 6.07) is 11.8. The van der Waals surface area contributed by atoms with Gasteiger partial charge in [0.05, 0.1) is 0 Å². The molecule has 0 amide bonds. The molecule has 1 aromatic rings. The van der Waals surface area contributed by atoms with E-state index in [0.29, 0.717) is 30.2 Å². The zero-order chi connectivity index (χ0) is 32.7. The van der Waals surface area contributed by atoms with Crippen LogP contribution >= 0.6 is 0 Å². The van der Waals surface area contributed by atoms with Gasteiger partial charge in [-0.1, -0.05) is 0 Å². The Hall–Kier alpha value is 0.587. The third-order valence-corrected chi connectivity index (χ3v) is 137. The van der Waals surface area contributed by atoms with Crippen LogP contribution in [0.1, 0.15) is 130 Å². The standard InChI is InChI=1S/C35H69GeSi5/c1-30(2,3)38(19,31(4,5)6)37-36-29(28-25-23-22-24-26-28)27-41(37,39(20,32(7,8)9)33(10,11)12)40(21,34(13,14)15)35(16,17)18/h22-27H,1-21H3. The zero-order valence-corrected chi connectivity index (χ0v) is 38.6. The molecule has 41 heavy (non-hydrogen) atoms. The van der Waals surface area contributed by atoms with Crippen LogP contribution in [-0.2, 0) is 0 Å². The second-order valence-electron chi connectivity index (χ2n) is 20.1. The van der Waals surface area contributed by atoms with Crippen LogP contribution in [0.2, 0.25) is 49.9 Å². The first kappa shape index (κ1) is 37.8. The van der Waals surface area contributed by atoms with Crippen molar-refractivity contribution in [2.75, 3.05) is 0 Å². The van der Waals surface area contributed by atoms with E-state index in [1.54, 1.807) is 5.56 Å². The molecule has 0 aromatic heterocycles. The fourth-order valence-electron chi connectivity index (χ4n) is 9.63. The first-order valence-corrected chi connectivity index (χ1v) is 35.5. The summed E-state index contributed by atoms with van der Waals surface area (Å²) < 4.78 is 1.89. The Balaban J connectivity index is 3.59. The van der Waals surface area contributed by atoms with E-state index in [0.717, 1.165) is 0 Å². The van der Waals surface area contributed by atoms with Gasteiger partial charge >= 0.3 is 270 Å². The van der Waals surface area contributed by atoms with Crippen LogP contribution in [0.4, 0.5) is 0 Å². The van der Waals surface area contributed by atoms with Crippen molar-refractivity contribution in [1.82, 2.24) is 0 Å². The van der Waals surface area contributed by atoms with E-state index in [9.17, 15) is 0 Å². The summed E-state index contributed by atoms with van der Waals surface area (Å²) in [4.78, 5) is 0. The first-order valence-electron chi connectivity index (χ1n) is 16.2. The molecule has 1 radical (unpaired) electrons. The molecule has 1 aliphatic heterocycles. The third kappa shape index (κ3) is 5.42. The summed E-state index contributed by atoms with van der Waals surface area (Å²) in [7, 11) is -5.82. The fraction of sp³-hybridized carbons (Fsp3) is 0.771. The molecular formula is C35H69GeSi5. The van der Waals surface area contributed by atoms with E-state index >= 15 is 0 Å². The van der Waals surface area contributed by atoms with Crippen molar-refractivity contribution in [2.45, 2.75) is 174 Å². The minimum atomic E-state index is -2.08. The summed E-state index contributed by atoms with van der Waals surface area (Å²) in [5.41, 5.74) is 4.88. The molecule has 0 atom stereocenters. The molecular weight excluding hydrogens is 633 g/mol. The van der Waals surface area contributed by atoms with Crippen molar-refractivity contribution in [3.63, 3.8) is 0 Å². The van der Waals surface area contributed by atoms with Gasteiger partial charge in [0, 0.05) is 0 Å². The first-order chi connectivity index (χ1) is 17.8. The molecule has 0 saturated heterocycles. The molecule has 6 heteroatoms. The fourth-order valence-corrected chi connectivity index (χ4v) is 217. The van der Waals surface area contributed by atoms with Crippen molar-refractivity contribution in [1.29, 1.82) is 0 Å². The minimum absolute atomic E-state index is 0.247. The Bertz CT molecular complexity index is 1090. The molecule has 0 fully saturated rings. The monoisotopic (exact) mass is 703 g/mol. The topological polar surface area (TPSA) is 0 Å². The Morgan fingerprint density at radius 3 is 1.10 bits per heavy atom. The van der Waals surface area contributed by atoms with Gasteiger partial charge in [-0.3, -0.25) is 0 Å². The molecule has 2 rings (SSSR count).